The second-order valence-corrected chi connectivity index (χ2v) is 7.25. The number of hydrogen-bond acceptors (Lipinski definition) is 5. The molecule has 146 valence electrons. The van der Waals surface area contributed by atoms with Gasteiger partial charge in [-0.05, 0) is 42.0 Å². The molecule has 1 unspecified atom stereocenters. The Morgan fingerprint density at radius 2 is 1.97 bits per heavy atom. The highest BCUT2D eigenvalue weighted by Crippen LogP contribution is 2.40. The maximum atomic E-state index is 12.9. The summed E-state index contributed by atoms with van der Waals surface area (Å²) in [5.41, 5.74) is 0.933. The Morgan fingerprint density at radius 1 is 1.14 bits per heavy atom. The van der Waals surface area contributed by atoms with E-state index in [9.17, 15) is 14.7 Å². The van der Waals surface area contributed by atoms with E-state index in [1.54, 1.807) is 36.7 Å². The first-order valence-electron chi connectivity index (χ1n) is 8.63. The van der Waals surface area contributed by atoms with E-state index in [0.29, 0.717) is 10.8 Å². The molecule has 29 heavy (non-hydrogen) atoms. The van der Waals surface area contributed by atoms with Crippen LogP contribution in [0.3, 0.4) is 0 Å². The third-order valence-corrected chi connectivity index (χ3v) is 5.36. The van der Waals surface area contributed by atoms with E-state index in [1.807, 2.05) is 0 Å². The molecular formula is C21H14Cl2N2O4. The predicted molar refractivity (Wildman–Crippen MR) is 107 cm³/mol. The summed E-state index contributed by atoms with van der Waals surface area (Å²) < 4.78 is 5.49. The molecular weight excluding hydrogens is 415 g/mol. The Bertz CT molecular complexity index is 1110. The molecule has 3 aromatic rings. The van der Waals surface area contributed by atoms with Gasteiger partial charge in [-0.15, -0.1) is 0 Å². The van der Waals surface area contributed by atoms with Gasteiger partial charge in [-0.2, -0.15) is 0 Å². The number of benzene rings is 1. The molecule has 1 amide bonds. The molecule has 2 aromatic heterocycles. The molecule has 1 aromatic carbocycles. The number of amides is 1. The molecule has 0 radical (unpaired) electrons. The zero-order valence-electron chi connectivity index (χ0n) is 14.9. The Balaban J connectivity index is 1.84. The number of aliphatic hydroxyl groups is 1. The summed E-state index contributed by atoms with van der Waals surface area (Å²) in [6.45, 7) is 0.127. The lowest BCUT2D eigenvalue weighted by Gasteiger charge is -2.23. The van der Waals surface area contributed by atoms with Crippen LogP contribution in [0.15, 0.2) is 71.1 Å². The highest BCUT2D eigenvalue weighted by Gasteiger charge is 2.47. The molecule has 0 spiro atoms. The first-order valence-corrected chi connectivity index (χ1v) is 9.39. The van der Waals surface area contributed by atoms with Crippen molar-refractivity contribution in [3.05, 3.63) is 93.6 Å². The van der Waals surface area contributed by atoms with Crippen LogP contribution in [0.4, 0.5) is 0 Å². The number of rotatable bonds is 4. The molecule has 4 rings (SSSR count). The number of hydrogen-bond donors (Lipinski definition) is 1. The van der Waals surface area contributed by atoms with Crippen molar-refractivity contribution < 1.29 is 19.1 Å². The van der Waals surface area contributed by atoms with Crippen LogP contribution in [-0.2, 0) is 16.1 Å². The lowest BCUT2D eigenvalue weighted by molar-refractivity contribution is -0.140. The van der Waals surface area contributed by atoms with E-state index < -0.39 is 17.7 Å². The average molecular weight is 429 g/mol. The molecule has 1 aliphatic rings. The van der Waals surface area contributed by atoms with Gasteiger partial charge >= 0.3 is 0 Å². The number of ketones is 1. The number of pyridine rings is 1. The summed E-state index contributed by atoms with van der Waals surface area (Å²) in [4.78, 5) is 31.0. The molecule has 1 aliphatic heterocycles. The van der Waals surface area contributed by atoms with Gasteiger partial charge in [0.05, 0.1) is 21.9 Å². The second-order valence-electron chi connectivity index (χ2n) is 6.43. The maximum Gasteiger partial charge on any atom is 0.296 e. The highest BCUT2D eigenvalue weighted by atomic mass is 35.5. The van der Waals surface area contributed by atoms with Crippen molar-refractivity contribution in [2.75, 3.05) is 0 Å². The van der Waals surface area contributed by atoms with Gasteiger partial charge in [0, 0.05) is 24.5 Å². The summed E-state index contributed by atoms with van der Waals surface area (Å²) in [5, 5.41) is 11.4. The van der Waals surface area contributed by atoms with E-state index in [1.165, 1.54) is 29.4 Å². The first-order chi connectivity index (χ1) is 14.0. The topological polar surface area (TPSA) is 83.6 Å². The summed E-state index contributed by atoms with van der Waals surface area (Å²) in [6.07, 6.45) is 4.67. The minimum Gasteiger partial charge on any atom is -0.507 e. The highest BCUT2D eigenvalue weighted by molar-refractivity contribution is 6.46. The normalized spacial score (nSPS) is 18.4. The van der Waals surface area contributed by atoms with Gasteiger partial charge in [-0.1, -0.05) is 29.3 Å². The fourth-order valence-electron chi connectivity index (χ4n) is 3.27. The number of carbonyl (C=O) groups is 2. The number of aliphatic hydroxyl groups excluding tert-OH is 1. The van der Waals surface area contributed by atoms with Crippen LogP contribution in [0.5, 0.6) is 0 Å². The Kier molecular flexibility index (Phi) is 5.13. The summed E-state index contributed by atoms with van der Waals surface area (Å²) in [7, 11) is 0. The fourth-order valence-corrected chi connectivity index (χ4v) is 3.57. The van der Waals surface area contributed by atoms with Crippen molar-refractivity contribution in [1.29, 1.82) is 0 Å². The van der Waals surface area contributed by atoms with Gasteiger partial charge in [0.15, 0.2) is 0 Å². The fraction of sp³-hybridized carbons (Fsp3) is 0.0952. The van der Waals surface area contributed by atoms with Crippen molar-refractivity contribution in [1.82, 2.24) is 9.88 Å². The number of halogens is 2. The summed E-state index contributed by atoms with van der Waals surface area (Å²) >= 11 is 12.0. The number of furan rings is 1. The number of aromatic nitrogens is 1. The molecule has 6 nitrogen and oxygen atoms in total. The molecule has 0 bridgehead atoms. The van der Waals surface area contributed by atoms with Crippen LogP contribution in [-0.4, -0.2) is 26.7 Å². The second kappa shape index (κ2) is 7.73. The van der Waals surface area contributed by atoms with Crippen LogP contribution in [0, 0.1) is 0 Å². The van der Waals surface area contributed by atoms with Gasteiger partial charge in [-0.25, -0.2) is 0 Å². The minimum absolute atomic E-state index is 0.0766. The molecule has 1 fully saturated rings. The summed E-state index contributed by atoms with van der Waals surface area (Å²) in [6, 6.07) is 10.4. The van der Waals surface area contributed by atoms with Crippen LogP contribution in [0.2, 0.25) is 10.0 Å². The van der Waals surface area contributed by atoms with Crippen molar-refractivity contribution in [2.24, 2.45) is 0 Å². The molecule has 1 saturated heterocycles. The number of likely N-dealkylation sites (tertiary alicyclic amines) is 1. The Labute approximate surface area is 176 Å². The monoisotopic (exact) mass is 428 g/mol. The lowest BCUT2D eigenvalue weighted by atomic mass is 9.99. The third-order valence-electron chi connectivity index (χ3n) is 4.62. The van der Waals surface area contributed by atoms with Gasteiger partial charge < -0.3 is 14.4 Å². The van der Waals surface area contributed by atoms with E-state index in [4.69, 9.17) is 27.6 Å². The van der Waals surface area contributed by atoms with Crippen LogP contribution < -0.4 is 0 Å². The molecule has 1 atom stereocenters. The van der Waals surface area contributed by atoms with E-state index in [2.05, 4.69) is 4.98 Å². The van der Waals surface area contributed by atoms with Gasteiger partial charge in [0.2, 0.25) is 0 Å². The standard InChI is InChI=1S/C21H14Cl2N2O4/c22-14-6-5-13(9-15(14)23)19(26)17-18(16-4-2-8-29-16)25(21(28)20(17)27)11-12-3-1-7-24-10-12/h1-10,18,26H,11H2/b19-17-. The van der Waals surface area contributed by atoms with Crippen LogP contribution in [0.25, 0.3) is 5.76 Å². The first kappa shape index (κ1) is 19.2. The Hall–Kier alpha value is -3.09. The lowest BCUT2D eigenvalue weighted by Crippen LogP contribution is -2.29. The third kappa shape index (κ3) is 3.52. The van der Waals surface area contributed by atoms with Crippen molar-refractivity contribution in [3.8, 4) is 0 Å². The Morgan fingerprint density at radius 3 is 2.62 bits per heavy atom. The molecule has 8 heteroatoms. The van der Waals surface area contributed by atoms with Crippen molar-refractivity contribution in [2.45, 2.75) is 12.6 Å². The van der Waals surface area contributed by atoms with Crippen LogP contribution in [0.1, 0.15) is 22.9 Å². The predicted octanol–water partition coefficient (Wildman–Crippen LogP) is 4.60. The van der Waals surface area contributed by atoms with Crippen molar-refractivity contribution in [3.63, 3.8) is 0 Å². The van der Waals surface area contributed by atoms with Crippen molar-refractivity contribution >= 4 is 40.7 Å². The molecule has 0 saturated carbocycles. The smallest absolute Gasteiger partial charge is 0.296 e. The van der Waals surface area contributed by atoms with E-state index in [-0.39, 0.29) is 28.5 Å². The van der Waals surface area contributed by atoms with Gasteiger partial charge in [0.1, 0.15) is 17.6 Å². The molecule has 3 heterocycles. The SMILES string of the molecule is O=C1C(=O)N(Cc2cccnc2)C(c2ccco2)/C1=C(/O)c1ccc(Cl)c(Cl)c1. The number of Topliss-reactive ketones (excluding diaryl/α,β-unsaturated/α-hetero) is 1. The molecule has 0 aliphatic carbocycles. The average Bonchev–Trinajstić information content (AvgIpc) is 3.33. The zero-order chi connectivity index (χ0) is 20.5. The number of nitrogens with zero attached hydrogens (tertiary/aromatic N) is 2. The largest absolute Gasteiger partial charge is 0.507 e. The minimum atomic E-state index is -0.889. The summed E-state index contributed by atoms with van der Waals surface area (Å²) in [5.74, 6) is -1.54. The number of carbonyl (C=O) groups excluding carboxylic acids is 2. The van der Waals surface area contributed by atoms with Gasteiger partial charge in [-0.3, -0.25) is 14.6 Å². The molecule has 1 N–H and O–H groups in total. The van der Waals surface area contributed by atoms with E-state index in [0.717, 1.165) is 5.56 Å². The van der Waals surface area contributed by atoms with Crippen LogP contribution >= 0.6 is 23.2 Å². The van der Waals surface area contributed by atoms with E-state index >= 15 is 0 Å². The van der Waals surface area contributed by atoms with Gasteiger partial charge in [0.25, 0.3) is 11.7 Å². The zero-order valence-corrected chi connectivity index (χ0v) is 16.4. The maximum absolute atomic E-state index is 12.9. The quantitative estimate of drug-likeness (QED) is 0.372.